The monoisotopic (exact) mass is 290 g/mol. The van der Waals surface area contributed by atoms with Crippen LogP contribution in [0.15, 0.2) is 30.5 Å². The Balaban J connectivity index is 0.000000704. The molecule has 3 rings (SSSR count). The zero-order valence-electron chi connectivity index (χ0n) is 11.5. The second kappa shape index (κ2) is 6.64. The Labute approximate surface area is 120 Å². The molecular weight excluding hydrogens is 271 g/mol. The molecule has 2 aromatic rings. The number of H-pyrrole nitrogens is 1. The highest BCUT2D eigenvalue weighted by molar-refractivity contribution is 7.13. The number of carbonyl (C=O) groups excluding carboxylic acids is 1. The summed E-state index contributed by atoms with van der Waals surface area (Å²) in [7, 11) is 1.92. The number of aryl methyl sites for hydroxylation is 1. The van der Waals surface area contributed by atoms with Gasteiger partial charge in [-0.2, -0.15) is 5.10 Å². The van der Waals surface area contributed by atoms with Crippen LogP contribution in [0.1, 0.15) is 18.9 Å². The van der Waals surface area contributed by atoms with Gasteiger partial charge in [0.2, 0.25) is 5.91 Å². The molecule has 2 heterocycles. The normalized spacial score (nSPS) is 13.2. The average molecular weight is 290 g/mol. The summed E-state index contributed by atoms with van der Waals surface area (Å²) >= 11 is 0. The molecule has 6 heteroatoms. The SMILES string of the molecule is CC(=O)N1CCCc2cc(-c3ccn[nH]3)ccc21.NP. The van der Waals surface area contributed by atoms with Crippen molar-refractivity contribution < 1.29 is 4.79 Å². The zero-order chi connectivity index (χ0) is 14.5. The molecule has 20 heavy (non-hydrogen) atoms. The predicted molar refractivity (Wildman–Crippen MR) is 84.3 cm³/mol. The summed E-state index contributed by atoms with van der Waals surface area (Å²) in [4.78, 5) is 13.4. The highest BCUT2D eigenvalue weighted by Gasteiger charge is 2.20. The minimum atomic E-state index is 0.116. The first kappa shape index (κ1) is 14.7. The number of anilines is 1. The van der Waals surface area contributed by atoms with E-state index in [0.29, 0.717) is 0 Å². The summed E-state index contributed by atoms with van der Waals surface area (Å²) < 4.78 is 0. The molecule has 0 saturated carbocycles. The van der Waals surface area contributed by atoms with E-state index in [2.05, 4.69) is 21.8 Å². The number of nitrogens with one attached hydrogen (secondary N) is 1. The number of amides is 1. The van der Waals surface area contributed by atoms with Gasteiger partial charge >= 0.3 is 0 Å². The average Bonchev–Trinajstić information content (AvgIpc) is 3.02. The molecule has 1 aromatic heterocycles. The Kier molecular flexibility index (Phi) is 4.88. The van der Waals surface area contributed by atoms with Crippen molar-refractivity contribution in [2.45, 2.75) is 19.8 Å². The zero-order valence-corrected chi connectivity index (χ0v) is 12.6. The molecule has 1 aromatic carbocycles. The molecule has 5 nitrogen and oxygen atoms in total. The molecule has 1 unspecified atom stereocenters. The Morgan fingerprint density at radius 1 is 1.40 bits per heavy atom. The van der Waals surface area contributed by atoms with E-state index < -0.39 is 0 Å². The second-order valence-corrected chi connectivity index (χ2v) is 4.59. The first-order valence-electron chi connectivity index (χ1n) is 6.50. The van der Waals surface area contributed by atoms with Crippen molar-refractivity contribution in [2.24, 2.45) is 5.50 Å². The molecular formula is C14H19N4OP. The summed E-state index contributed by atoms with van der Waals surface area (Å²) in [6.45, 7) is 2.45. The topological polar surface area (TPSA) is 75.0 Å². The molecule has 106 valence electrons. The summed E-state index contributed by atoms with van der Waals surface area (Å²) in [6.07, 6.45) is 3.80. The van der Waals surface area contributed by atoms with Gasteiger partial charge in [-0.3, -0.25) is 9.89 Å². The molecule has 0 fully saturated rings. The molecule has 1 amide bonds. The Hall–Kier alpha value is -1.71. The fourth-order valence-electron chi connectivity index (χ4n) is 2.51. The number of rotatable bonds is 1. The third-order valence-electron chi connectivity index (χ3n) is 3.39. The van der Waals surface area contributed by atoms with Gasteiger partial charge in [-0.15, -0.1) is 0 Å². The fraction of sp³-hybridized carbons (Fsp3) is 0.286. The van der Waals surface area contributed by atoms with Crippen LogP contribution in [0.4, 0.5) is 5.69 Å². The summed E-state index contributed by atoms with van der Waals surface area (Å²) in [5, 5.41) is 6.93. The molecule has 1 atom stereocenters. The van der Waals surface area contributed by atoms with E-state index in [4.69, 9.17) is 0 Å². The number of benzene rings is 1. The lowest BCUT2D eigenvalue weighted by Gasteiger charge is -2.28. The number of fused-ring (bicyclic) bond motifs is 1. The van der Waals surface area contributed by atoms with Crippen molar-refractivity contribution in [3.05, 3.63) is 36.0 Å². The van der Waals surface area contributed by atoms with E-state index in [1.54, 1.807) is 13.1 Å². The Morgan fingerprint density at radius 2 is 2.20 bits per heavy atom. The summed E-state index contributed by atoms with van der Waals surface area (Å²) in [5.41, 5.74) is 8.84. The highest BCUT2D eigenvalue weighted by atomic mass is 31.0. The molecule has 0 radical (unpaired) electrons. The largest absolute Gasteiger partial charge is 0.314 e. The van der Waals surface area contributed by atoms with E-state index in [-0.39, 0.29) is 5.91 Å². The van der Waals surface area contributed by atoms with Crippen molar-refractivity contribution in [1.82, 2.24) is 10.2 Å². The van der Waals surface area contributed by atoms with E-state index in [9.17, 15) is 4.79 Å². The first-order chi connectivity index (χ1) is 9.75. The van der Waals surface area contributed by atoms with Crippen molar-refractivity contribution in [2.75, 3.05) is 11.4 Å². The Morgan fingerprint density at radius 3 is 2.85 bits per heavy atom. The lowest BCUT2D eigenvalue weighted by Crippen LogP contribution is -2.33. The number of carbonyl (C=O) groups is 1. The van der Waals surface area contributed by atoms with Crippen molar-refractivity contribution in [3.63, 3.8) is 0 Å². The van der Waals surface area contributed by atoms with E-state index in [1.807, 2.05) is 32.5 Å². The van der Waals surface area contributed by atoms with Gasteiger partial charge in [-0.25, -0.2) is 0 Å². The molecule has 0 saturated heterocycles. The van der Waals surface area contributed by atoms with E-state index in [0.717, 1.165) is 36.3 Å². The third-order valence-corrected chi connectivity index (χ3v) is 3.39. The van der Waals surface area contributed by atoms with Crippen molar-refractivity contribution in [1.29, 1.82) is 0 Å². The molecule has 1 aliphatic rings. The van der Waals surface area contributed by atoms with Crippen LogP contribution in [-0.4, -0.2) is 22.6 Å². The lowest BCUT2D eigenvalue weighted by atomic mass is 9.98. The van der Waals surface area contributed by atoms with Gasteiger partial charge in [0.15, 0.2) is 0 Å². The first-order valence-corrected chi connectivity index (χ1v) is 7.16. The fourth-order valence-corrected chi connectivity index (χ4v) is 2.51. The van der Waals surface area contributed by atoms with Crippen LogP contribution in [0.5, 0.6) is 0 Å². The summed E-state index contributed by atoms with van der Waals surface area (Å²) in [6, 6.07) is 8.17. The van der Waals surface area contributed by atoms with Crippen LogP contribution < -0.4 is 10.4 Å². The van der Waals surface area contributed by atoms with Crippen molar-refractivity contribution in [3.8, 4) is 11.3 Å². The van der Waals surface area contributed by atoms with Crippen LogP contribution in [0.25, 0.3) is 11.3 Å². The van der Waals surface area contributed by atoms with Gasteiger partial charge in [-0.1, -0.05) is 15.5 Å². The van der Waals surface area contributed by atoms with Crippen LogP contribution in [-0.2, 0) is 11.2 Å². The van der Waals surface area contributed by atoms with Gasteiger partial charge in [-0.05, 0) is 42.2 Å². The Bertz CT molecular complexity index is 583. The number of aromatic nitrogens is 2. The quantitative estimate of drug-likeness (QED) is 0.790. The van der Waals surface area contributed by atoms with Gasteiger partial charge < -0.3 is 10.4 Å². The van der Waals surface area contributed by atoms with Crippen LogP contribution in [0.3, 0.4) is 0 Å². The van der Waals surface area contributed by atoms with Gasteiger partial charge in [0.05, 0.1) is 5.69 Å². The molecule has 0 aliphatic carbocycles. The maximum absolute atomic E-state index is 11.6. The van der Waals surface area contributed by atoms with Gasteiger partial charge in [0.25, 0.3) is 0 Å². The second-order valence-electron chi connectivity index (χ2n) is 4.59. The maximum Gasteiger partial charge on any atom is 0.223 e. The number of hydrogen-bond donors (Lipinski definition) is 2. The van der Waals surface area contributed by atoms with E-state index in [1.165, 1.54) is 5.56 Å². The lowest BCUT2D eigenvalue weighted by molar-refractivity contribution is -0.116. The number of aromatic amines is 1. The maximum atomic E-state index is 11.6. The number of hydrogen-bond acceptors (Lipinski definition) is 3. The number of nitrogens with zero attached hydrogens (tertiary/aromatic N) is 2. The van der Waals surface area contributed by atoms with Crippen molar-refractivity contribution >= 4 is 21.0 Å². The van der Waals surface area contributed by atoms with Gasteiger partial charge in [0.1, 0.15) is 0 Å². The highest BCUT2D eigenvalue weighted by Crippen LogP contribution is 2.30. The third kappa shape index (κ3) is 2.89. The van der Waals surface area contributed by atoms with Gasteiger partial charge in [0, 0.05) is 25.4 Å². The standard InChI is InChI=1S/C14H15N3O.H4NP/c1-10(18)17-8-2-3-12-9-11(4-5-14(12)17)13-6-7-15-16-13;1-2/h4-7,9H,2-3,8H2,1H3,(H,15,16);1-2H2. The van der Waals surface area contributed by atoms with Crippen LogP contribution in [0, 0.1) is 0 Å². The molecule has 3 N–H and O–H groups in total. The number of nitrogens with two attached hydrogens (primary N) is 1. The minimum Gasteiger partial charge on any atom is -0.314 e. The molecule has 0 spiro atoms. The summed E-state index contributed by atoms with van der Waals surface area (Å²) in [5.74, 6) is 0.116. The predicted octanol–water partition coefficient (Wildman–Crippen LogP) is 2.11. The minimum absolute atomic E-state index is 0.116. The van der Waals surface area contributed by atoms with E-state index >= 15 is 0 Å². The molecule has 1 aliphatic heterocycles. The smallest absolute Gasteiger partial charge is 0.223 e. The van der Waals surface area contributed by atoms with Crippen LogP contribution in [0.2, 0.25) is 0 Å². The molecule has 0 bridgehead atoms. The van der Waals surface area contributed by atoms with Crippen LogP contribution >= 0.6 is 9.39 Å².